The van der Waals surface area contributed by atoms with Crippen molar-refractivity contribution < 1.29 is 14.3 Å². The first-order chi connectivity index (χ1) is 9.52. The lowest BCUT2D eigenvalue weighted by Gasteiger charge is -2.21. The highest BCUT2D eigenvalue weighted by atomic mass is 35.5. The van der Waals surface area contributed by atoms with E-state index < -0.39 is 5.97 Å². The number of esters is 1. The number of halogens is 2. The highest BCUT2D eigenvalue weighted by Gasteiger charge is 2.34. The topological polar surface area (TPSA) is 59.5 Å². The van der Waals surface area contributed by atoms with Crippen LogP contribution in [0.3, 0.4) is 0 Å². The Morgan fingerprint density at radius 2 is 2.15 bits per heavy atom. The van der Waals surface area contributed by atoms with Gasteiger partial charge in [-0.15, -0.1) is 0 Å². The van der Waals surface area contributed by atoms with Crippen LogP contribution in [-0.4, -0.2) is 41.0 Å². The summed E-state index contributed by atoms with van der Waals surface area (Å²) in [5.74, 6) is -0.701. The maximum Gasteiger partial charge on any atom is 0.325 e. The molecule has 1 amide bonds. The van der Waals surface area contributed by atoms with Crippen LogP contribution in [0.2, 0.25) is 10.2 Å². The van der Waals surface area contributed by atoms with Gasteiger partial charge in [0.15, 0.2) is 0 Å². The monoisotopic (exact) mass is 316 g/mol. The largest absolute Gasteiger partial charge is 0.465 e. The van der Waals surface area contributed by atoms with Gasteiger partial charge in [-0.2, -0.15) is 0 Å². The van der Waals surface area contributed by atoms with Crippen molar-refractivity contribution >= 4 is 35.1 Å². The molecule has 0 aliphatic heterocycles. The molecule has 1 aliphatic carbocycles. The number of carbonyl (C=O) groups is 2. The minimum absolute atomic E-state index is 0.0580. The summed E-state index contributed by atoms with van der Waals surface area (Å²) >= 11 is 11.6. The Labute approximate surface area is 126 Å². The minimum Gasteiger partial charge on any atom is -0.465 e. The summed E-state index contributed by atoms with van der Waals surface area (Å²) in [4.78, 5) is 29.3. The van der Waals surface area contributed by atoms with Crippen molar-refractivity contribution in [2.45, 2.75) is 25.8 Å². The van der Waals surface area contributed by atoms with Crippen molar-refractivity contribution in [2.24, 2.45) is 0 Å². The van der Waals surface area contributed by atoms with Gasteiger partial charge in [0, 0.05) is 12.2 Å². The van der Waals surface area contributed by atoms with Crippen molar-refractivity contribution in [1.29, 1.82) is 0 Å². The Hall–Kier alpha value is -1.33. The van der Waals surface area contributed by atoms with Crippen LogP contribution in [0.25, 0.3) is 0 Å². The third kappa shape index (κ3) is 3.61. The van der Waals surface area contributed by atoms with Gasteiger partial charge in [0.2, 0.25) is 0 Å². The number of nitrogens with zero attached hydrogens (tertiary/aromatic N) is 2. The second-order valence-corrected chi connectivity index (χ2v) is 5.23. The summed E-state index contributed by atoms with van der Waals surface area (Å²) < 4.78 is 4.88. The second kappa shape index (κ2) is 6.41. The van der Waals surface area contributed by atoms with Crippen LogP contribution in [0.1, 0.15) is 30.1 Å². The Kier molecular flexibility index (Phi) is 4.83. The molecule has 0 N–H and O–H groups in total. The van der Waals surface area contributed by atoms with Crippen LogP contribution in [-0.2, 0) is 9.53 Å². The van der Waals surface area contributed by atoms with Gasteiger partial charge >= 0.3 is 5.97 Å². The number of rotatable bonds is 5. The molecule has 1 heterocycles. The highest BCUT2D eigenvalue weighted by Crippen LogP contribution is 2.29. The summed E-state index contributed by atoms with van der Waals surface area (Å²) in [5, 5.41) is 0.357. The molecule has 0 unspecified atom stereocenters. The number of amides is 1. The van der Waals surface area contributed by atoms with Gasteiger partial charge in [-0.05, 0) is 25.8 Å². The molecule has 0 aromatic carbocycles. The van der Waals surface area contributed by atoms with Crippen LogP contribution in [0.15, 0.2) is 12.3 Å². The molecule has 0 bridgehead atoms. The Balaban J connectivity index is 2.14. The molecule has 1 aromatic rings. The van der Waals surface area contributed by atoms with Crippen LogP contribution >= 0.6 is 23.2 Å². The van der Waals surface area contributed by atoms with E-state index in [0.717, 1.165) is 12.8 Å². The molecule has 20 heavy (non-hydrogen) atoms. The van der Waals surface area contributed by atoms with E-state index in [-0.39, 0.29) is 28.7 Å². The van der Waals surface area contributed by atoms with E-state index in [1.54, 1.807) is 6.92 Å². The van der Waals surface area contributed by atoms with Crippen molar-refractivity contribution in [2.75, 3.05) is 13.2 Å². The Morgan fingerprint density at radius 3 is 2.70 bits per heavy atom. The quantitative estimate of drug-likeness (QED) is 0.618. The molecular formula is C13H14Cl2N2O3. The van der Waals surface area contributed by atoms with Gasteiger partial charge in [-0.1, -0.05) is 23.2 Å². The summed E-state index contributed by atoms with van der Waals surface area (Å²) in [6.45, 7) is 1.96. The molecule has 0 radical (unpaired) electrons. The molecule has 5 nitrogen and oxygen atoms in total. The minimum atomic E-state index is -0.416. The van der Waals surface area contributed by atoms with Gasteiger partial charge < -0.3 is 9.64 Å². The fraction of sp³-hybridized carbons (Fsp3) is 0.462. The summed E-state index contributed by atoms with van der Waals surface area (Å²) in [5.41, 5.74) is 0.315. The molecule has 0 saturated heterocycles. The first-order valence-corrected chi connectivity index (χ1v) is 7.06. The van der Waals surface area contributed by atoms with E-state index in [4.69, 9.17) is 27.9 Å². The van der Waals surface area contributed by atoms with Crippen molar-refractivity contribution in [3.63, 3.8) is 0 Å². The van der Waals surface area contributed by atoms with Gasteiger partial charge in [0.05, 0.1) is 17.2 Å². The van der Waals surface area contributed by atoms with Gasteiger partial charge in [0.1, 0.15) is 11.7 Å². The predicted octanol–water partition coefficient (Wildman–Crippen LogP) is 2.56. The lowest BCUT2D eigenvalue weighted by atomic mass is 10.2. The Bertz CT molecular complexity index is 532. The molecule has 1 saturated carbocycles. The fourth-order valence-corrected chi connectivity index (χ4v) is 2.07. The highest BCUT2D eigenvalue weighted by molar-refractivity contribution is 6.41. The average Bonchev–Trinajstić information content (AvgIpc) is 3.23. The lowest BCUT2D eigenvalue weighted by molar-refractivity contribution is -0.144. The summed E-state index contributed by atoms with van der Waals surface area (Å²) in [6.07, 6.45) is 3.14. The maximum absolute atomic E-state index is 12.4. The number of aromatic nitrogens is 1. The van der Waals surface area contributed by atoms with Crippen molar-refractivity contribution in [1.82, 2.24) is 9.88 Å². The first kappa shape index (κ1) is 15.1. The maximum atomic E-state index is 12.4. The van der Waals surface area contributed by atoms with Crippen LogP contribution in [0, 0.1) is 0 Å². The van der Waals surface area contributed by atoms with E-state index in [9.17, 15) is 9.59 Å². The third-order valence-corrected chi connectivity index (χ3v) is 3.58. The third-order valence-electron chi connectivity index (χ3n) is 2.90. The first-order valence-electron chi connectivity index (χ1n) is 6.30. The molecule has 0 spiro atoms. The van der Waals surface area contributed by atoms with E-state index >= 15 is 0 Å². The molecule has 2 rings (SSSR count). The number of ether oxygens (including phenoxy) is 1. The zero-order chi connectivity index (χ0) is 14.7. The van der Waals surface area contributed by atoms with Crippen LogP contribution < -0.4 is 0 Å². The molecule has 1 aromatic heterocycles. The summed E-state index contributed by atoms with van der Waals surface area (Å²) in [6, 6.07) is 1.54. The molecule has 1 fully saturated rings. The van der Waals surface area contributed by atoms with Gasteiger partial charge in [-0.25, -0.2) is 4.98 Å². The average molecular weight is 317 g/mol. The molecule has 7 heteroatoms. The Morgan fingerprint density at radius 1 is 1.45 bits per heavy atom. The molecular weight excluding hydrogens is 303 g/mol. The fourth-order valence-electron chi connectivity index (χ4n) is 1.80. The van der Waals surface area contributed by atoms with Gasteiger partial charge in [0.25, 0.3) is 5.91 Å². The van der Waals surface area contributed by atoms with E-state index in [2.05, 4.69) is 4.98 Å². The number of hydrogen-bond donors (Lipinski definition) is 0. The molecule has 0 atom stereocenters. The van der Waals surface area contributed by atoms with Gasteiger partial charge in [-0.3, -0.25) is 9.59 Å². The van der Waals surface area contributed by atoms with Crippen LogP contribution in [0.5, 0.6) is 0 Å². The van der Waals surface area contributed by atoms with Crippen molar-refractivity contribution in [3.05, 3.63) is 28.0 Å². The zero-order valence-electron chi connectivity index (χ0n) is 10.9. The normalized spacial score (nSPS) is 13.9. The van der Waals surface area contributed by atoms with E-state index in [0.29, 0.717) is 12.2 Å². The molecule has 1 aliphatic rings. The molecule has 108 valence electrons. The second-order valence-electron chi connectivity index (χ2n) is 4.47. The summed E-state index contributed by atoms with van der Waals surface area (Å²) in [7, 11) is 0. The van der Waals surface area contributed by atoms with Crippen LogP contribution in [0.4, 0.5) is 0 Å². The number of pyridine rings is 1. The predicted molar refractivity (Wildman–Crippen MR) is 74.9 cm³/mol. The van der Waals surface area contributed by atoms with E-state index in [1.165, 1.54) is 17.2 Å². The van der Waals surface area contributed by atoms with Crippen molar-refractivity contribution in [3.8, 4) is 0 Å². The zero-order valence-corrected chi connectivity index (χ0v) is 12.4. The lowest BCUT2D eigenvalue weighted by Crippen LogP contribution is -2.38. The SMILES string of the molecule is CCOC(=O)CN(C(=O)c1cnc(Cl)c(Cl)c1)C1CC1. The van der Waals surface area contributed by atoms with E-state index in [1.807, 2.05) is 0 Å². The number of hydrogen-bond acceptors (Lipinski definition) is 4. The standard InChI is InChI=1S/C13H14Cl2N2O3/c1-2-20-11(18)7-17(9-3-4-9)13(19)8-5-10(14)12(15)16-6-8/h5-6,9H,2-4,7H2,1H3. The number of carbonyl (C=O) groups excluding carboxylic acids is 2. The smallest absolute Gasteiger partial charge is 0.325 e.